The number of halogens is 2. The van der Waals surface area contributed by atoms with Crippen LogP contribution in [0.1, 0.15) is 29.8 Å². The zero-order valence-corrected chi connectivity index (χ0v) is 20.0. The monoisotopic (exact) mass is 500 g/mol. The number of benzene rings is 3. The Bertz CT molecular complexity index is 1180. The molecule has 0 saturated carbocycles. The maximum atomic E-state index is 12.4. The first-order valence-corrected chi connectivity index (χ1v) is 11.1. The van der Waals surface area contributed by atoms with Crippen molar-refractivity contribution in [2.24, 2.45) is 5.10 Å². The number of carbonyl (C=O) groups excluding carboxylic acids is 2. The summed E-state index contributed by atoms with van der Waals surface area (Å²) < 4.78 is 16.6. The third-order valence-corrected chi connectivity index (χ3v) is 4.90. The number of nitrogens with one attached hydrogen (secondary N) is 1. The molecule has 0 radical (unpaired) electrons. The minimum absolute atomic E-state index is 0.256. The lowest BCUT2D eigenvalue weighted by atomic mass is 10.2. The molecule has 3 aromatic rings. The van der Waals surface area contributed by atoms with Gasteiger partial charge < -0.3 is 14.2 Å². The number of nitrogens with zero attached hydrogens (tertiary/aromatic N) is 1. The summed E-state index contributed by atoms with van der Waals surface area (Å²) in [6.07, 6.45) is 0.654. The predicted molar refractivity (Wildman–Crippen MR) is 131 cm³/mol. The van der Waals surface area contributed by atoms with Crippen molar-refractivity contribution < 1.29 is 23.8 Å². The largest absolute Gasteiger partial charge is 0.490 e. The number of hydrogen-bond acceptors (Lipinski definition) is 6. The number of ether oxygens (including phenoxy) is 3. The molecule has 0 saturated heterocycles. The molecule has 1 atom stereocenters. The summed E-state index contributed by atoms with van der Waals surface area (Å²) in [7, 11) is 0. The van der Waals surface area contributed by atoms with Crippen molar-refractivity contribution in [2.45, 2.75) is 20.0 Å². The Morgan fingerprint density at radius 2 is 1.76 bits per heavy atom. The zero-order valence-electron chi connectivity index (χ0n) is 18.5. The maximum absolute atomic E-state index is 12.4. The second-order valence-corrected chi connectivity index (χ2v) is 7.86. The third-order valence-electron chi connectivity index (χ3n) is 4.42. The van der Waals surface area contributed by atoms with Gasteiger partial charge in [0.25, 0.3) is 5.91 Å². The van der Waals surface area contributed by atoms with Gasteiger partial charge in [-0.1, -0.05) is 29.3 Å². The summed E-state index contributed by atoms with van der Waals surface area (Å²) in [6, 6.07) is 18.0. The molecule has 0 bridgehead atoms. The summed E-state index contributed by atoms with van der Waals surface area (Å²) in [6.45, 7) is 3.77. The lowest BCUT2D eigenvalue weighted by molar-refractivity contribution is -0.127. The third kappa shape index (κ3) is 7.23. The van der Waals surface area contributed by atoms with Gasteiger partial charge in [-0.05, 0) is 80.1 Å². The molecule has 0 fully saturated rings. The second kappa shape index (κ2) is 12.1. The van der Waals surface area contributed by atoms with Gasteiger partial charge in [-0.3, -0.25) is 4.79 Å². The number of rotatable bonds is 9. The van der Waals surface area contributed by atoms with Crippen LogP contribution in [-0.4, -0.2) is 30.8 Å². The quantitative estimate of drug-likeness (QED) is 0.180. The molecule has 3 aromatic carbocycles. The summed E-state index contributed by atoms with van der Waals surface area (Å²) in [5, 5.41) is 4.99. The summed E-state index contributed by atoms with van der Waals surface area (Å²) in [4.78, 5) is 24.7. The van der Waals surface area contributed by atoms with E-state index in [0.29, 0.717) is 39.3 Å². The Labute approximate surface area is 207 Å². The highest BCUT2D eigenvalue weighted by atomic mass is 35.5. The molecule has 0 aromatic heterocycles. The number of carbonyl (C=O) groups is 2. The van der Waals surface area contributed by atoms with Crippen LogP contribution in [-0.2, 0) is 4.79 Å². The van der Waals surface area contributed by atoms with Crippen LogP contribution in [0, 0.1) is 0 Å². The van der Waals surface area contributed by atoms with Gasteiger partial charge in [-0.25, -0.2) is 10.2 Å². The first-order chi connectivity index (χ1) is 16.4. The molecule has 0 aliphatic carbocycles. The van der Waals surface area contributed by atoms with E-state index in [0.717, 1.165) is 0 Å². The van der Waals surface area contributed by atoms with Gasteiger partial charge in [0.15, 0.2) is 17.6 Å². The summed E-state index contributed by atoms with van der Waals surface area (Å²) >= 11 is 11.8. The van der Waals surface area contributed by atoms with Gasteiger partial charge in [0.2, 0.25) is 0 Å². The molecule has 0 aliphatic heterocycles. The topological polar surface area (TPSA) is 86.2 Å². The van der Waals surface area contributed by atoms with Gasteiger partial charge in [0.05, 0.1) is 18.4 Å². The van der Waals surface area contributed by atoms with E-state index in [1.54, 1.807) is 73.7 Å². The Balaban J connectivity index is 1.62. The van der Waals surface area contributed by atoms with Crippen molar-refractivity contribution in [1.82, 2.24) is 5.43 Å². The van der Waals surface area contributed by atoms with Crippen molar-refractivity contribution in [2.75, 3.05) is 6.61 Å². The number of hydrazone groups is 1. The minimum Gasteiger partial charge on any atom is -0.490 e. The molecule has 0 aliphatic rings. The van der Waals surface area contributed by atoms with Crippen molar-refractivity contribution in [3.05, 3.63) is 87.9 Å². The number of esters is 1. The molecule has 1 unspecified atom stereocenters. The molecule has 0 spiro atoms. The van der Waals surface area contributed by atoms with E-state index >= 15 is 0 Å². The Morgan fingerprint density at radius 1 is 1.00 bits per heavy atom. The Morgan fingerprint density at radius 3 is 2.47 bits per heavy atom. The molecule has 3 rings (SSSR count). The first-order valence-electron chi connectivity index (χ1n) is 10.4. The standard InChI is InChI=1S/C25H22Cl2N2O5/c1-3-32-23-13-17(7-12-22(23)34-25(31)18-8-10-19(26)11-9-18)15-28-29-24(30)16(2)33-21-6-4-5-20(27)14-21/h4-16H,3H2,1-2H3,(H,29,30)/b28-15+. The van der Waals surface area contributed by atoms with Crippen molar-refractivity contribution in [1.29, 1.82) is 0 Å². The SMILES string of the molecule is CCOc1cc(/C=N/NC(=O)C(C)Oc2cccc(Cl)c2)ccc1OC(=O)c1ccc(Cl)cc1. The van der Waals surface area contributed by atoms with Gasteiger partial charge in [0.1, 0.15) is 5.75 Å². The van der Waals surface area contributed by atoms with E-state index in [-0.39, 0.29) is 5.75 Å². The second-order valence-electron chi connectivity index (χ2n) is 6.99. The highest BCUT2D eigenvalue weighted by molar-refractivity contribution is 6.31. The average Bonchev–Trinajstić information content (AvgIpc) is 2.81. The van der Waals surface area contributed by atoms with Crippen LogP contribution in [0.15, 0.2) is 71.8 Å². The Kier molecular flexibility index (Phi) is 8.90. The highest BCUT2D eigenvalue weighted by Crippen LogP contribution is 2.29. The molecule has 1 amide bonds. The van der Waals surface area contributed by atoms with Crippen molar-refractivity contribution in [3.8, 4) is 17.2 Å². The van der Waals surface area contributed by atoms with Gasteiger partial charge >= 0.3 is 5.97 Å². The molecule has 7 nitrogen and oxygen atoms in total. The maximum Gasteiger partial charge on any atom is 0.343 e. The van der Waals surface area contributed by atoms with Crippen LogP contribution in [0.3, 0.4) is 0 Å². The predicted octanol–water partition coefficient (Wildman–Crippen LogP) is 5.53. The molecule has 1 N–H and O–H groups in total. The molecule has 176 valence electrons. The summed E-state index contributed by atoms with van der Waals surface area (Å²) in [5.41, 5.74) is 3.41. The summed E-state index contributed by atoms with van der Waals surface area (Å²) in [5.74, 6) is 0.114. The minimum atomic E-state index is -0.788. The molecular weight excluding hydrogens is 479 g/mol. The smallest absolute Gasteiger partial charge is 0.343 e. The van der Waals surface area contributed by atoms with Gasteiger partial charge in [-0.15, -0.1) is 0 Å². The van der Waals surface area contributed by atoms with E-state index in [4.69, 9.17) is 37.4 Å². The van der Waals surface area contributed by atoms with Gasteiger partial charge in [-0.2, -0.15) is 5.10 Å². The van der Waals surface area contributed by atoms with Crippen LogP contribution in [0.2, 0.25) is 10.0 Å². The van der Waals surface area contributed by atoms with E-state index < -0.39 is 18.0 Å². The van der Waals surface area contributed by atoms with Crippen LogP contribution < -0.4 is 19.6 Å². The lowest BCUT2D eigenvalue weighted by Crippen LogP contribution is -2.33. The normalized spacial score (nSPS) is 11.6. The van der Waals surface area contributed by atoms with Crippen LogP contribution >= 0.6 is 23.2 Å². The Hall–Kier alpha value is -3.55. The van der Waals surface area contributed by atoms with E-state index in [2.05, 4.69) is 10.5 Å². The first kappa shape index (κ1) is 25.1. The van der Waals surface area contributed by atoms with Crippen LogP contribution in [0.5, 0.6) is 17.2 Å². The number of hydrogen-bond donors (Lipinski definition) is 1. The molecular formula is C25H22Cl2N2O5. The van der Waals surface area contributed by atoms with Crippen LogP contribution in [0.4, 0.5) is 0 Å². The van der Waals surface area contributed by atoms with E-state index in [9.17, 15) is 9.59 Å². The van der Waals surface area contributed by atoms with Crippen molar-refractivity contribution in [3.63, 3.8) is 0 Å². The number of amides is 1. The fourth-order valence-corrected chi connectivity index (χ4v) is 3.07. The van der Waals surface area contributed by atoms with E-state index in [1.165, 1.54) is 6.21 Å². The fourth-order valence-electron chi connectivity index (χ4n) is 2.76. The zero-order chi connectivity index (χ0) is 24.5. The molecule has 34 heavy (non-hydrogen) atoms. The van der Waals surface area contributed by atoms with Gasteiger partial charge in [0, 0.05) is 10.0 Å². The van der Waals surface area contributed by atoms with Crippen LogP contribution in [0.25, 0.3) is 0 Å². The molecule has 9 heteroatoms. The van der Waals surface area contributed by atoms with Crippen molar-refractivity contribution >= 4 is 41.3 Å². The molecule has 0 heterocycles. The average molecular weight is 501 g/mol. The fraction of sp³-hybridized carbons (Fsp3) is 0.160. The lowest BCUT2D eigenvalue weighted by Gasteiger charge is -2.13. The van der Waals surface area contributed by atoms with E-state index in [1.807, 2.05) is 6.92 Å². The highest BCUT2D eigenvalue weighted by Gasteiger charge is 2.15.